The van der Waals surface area contributed by atoms with Crippen LogP contribution in [0.25, 0.3) is 0 Å². The van der Waals surface area contributed by atoms with Gasteiger partial charge in [-0.2, -0.15) is 0 Å². The van der Waals surface area contributed by atoms with Crippen LogP contribution in [0.2, 0.25) is 0 Å². The fourth-order valence-corrected chi connectivity index (χ4v) is 1.81. The van der Waals surface area contributed by atoms with Crippen LogP contribution < -0.4 is 10.5 Å². The molecule has 0 aliphatic carbocycles. The highest BCUT2D eigenvalue weighted by molar-refractivity contribution is 5.42. The zero-order valence-corrected chi connectivity index (χ0v) is 7.75. The molecule has 2 nitrogen and oxygen atoms in total. The fourth-order valence-electron chi connectivity index (χ4n) is 1.81. The molecule has 0 aromatic heterocycles. The largest absolute Gasteiger partial charge is 0.493 e. The van der Waals surface area contributed by atoms with Crippen molar-refractivity contribution in [1.82, 2.24) is 0 Å². The lowest BCUT2D eigenvalue weighted by Crippen LogP contribution is -2.12. The Kier molecular flexibility index (Phi) is 2.50. The number of hydrogen-bond donors (Lipinski definition) is 1. The third-order valence-corrected chi connectivity index (χ3v) is 2.43. The second kappa shape index (κ2) is 3.79. The van der Waals surface area contributed by atoms with E-state index in [-0.39, 0.29) is 0 Å². The standard InChI is InChI=1S/C11H15NO/c12-7-6-10-4-1-3-9-5-2-8-13-11(9)10/h1,3-4H,2,5-8,12H2. The molecule has 1 aliphatic heterocycles. The molecule has 0 atom stereocenters. The number of hydrogen-bond acceptors (Lipinski definition) is 2. The average molecular weight is 177 g/mol. The molecule has 0 radical (unpaired) electrons. The molecule has 0 saturated carbocycles. The molecule has 0 fully saturated rings. The monoisotopic (exact) mass is 177 g/mol. The molecule has 1 aromatic carbocycles. The maximum Gasteiger partial charge on any atom is 0.125 e. The maximum absolute atomic E-state index is 5.65. The normalized spacial score (nSPS) is 14.8. The van der Waals surface area contributed by atoms with E-state index in [0.717, 1.165) is 31.6 Å². The molecule has 0 amide bonds. The van der Waals surface area contributed by atoms with Gasteiger partial charge in [-0.05, 0) is 36.9 Å². The first kappa shape index (κ1) is 8.57. The number of aryl methyl sites for hydroxylation is 1. The number of ether oxygens (including phenoxy) is 1. The minimum absolute atomic E-state index is 0.694. The van der Waals surface area contributed by atoms with Crippen LogP contribution in [0.5, 0.6) is 5.75 Å². The van der Waals surface area contributed by atoms with E-state index in [1.165, 1.54) is 11.1 Å². The van der Waals surface area contributed by atoms with Crippen LogP contribution in [-0.2, 0) is 12.8 Å². The molecule has 0 unspecified atom stereocenters. The van der Waals surface area contributed by atoms with Crippen LogP contribution in [0.3, 0.4) is 0 Å². The van der Waals surface area contributed by atoms with Gasteiger partial charge in [-0.25, -0.2) is 0 Å². The number of rotatable bonds is 2. The molecule has 1 aliphatic rings. The second-order valence-corrected chi connectivity index (χ2v) is 3.40. The van der Waals surface area contributed by atoms with Gasteiger partial charge in [-0.3, -0.25) is 0 Å². The van der Waals surface area contributed by atoms with E-state index < -0.39 is 0 Å². The van der Waals surface area contributed by atoms with Crippen LogP contribution in [-0.4, -0.2) is 13.2 Å². The van der Waals surface area contributed by atoms with Crippen molar-refractivity contribution in [3.63, 3.8) is 0 Å². The topological polar surface area (TPSA) is 35.2 Å². The fraction of sp³-hybridized carbons (Fsp3) is 0.455. The first-order valence-corrected chi connectivity index (χ1v) is 4.85. The molecule has 0 saturated heterocycles. The third-order valence-electron chi connectivity index (χ3n) is 2.43. The van der Waals surface area contributed by atoms with Crippen LogP contribution >= 0.6 is 0 Å². The Labute approximate surface area is 78.7 Å². The molecule has 1 aromatic rings. The molecule has 13 heavy (non-hydrogen) atoms. The van der Waals surface area contributed by atoms with E-state index in [9.17, 15) is 0 Å². The van der Waals surface area contributed by atoms with Gasteiger partial charge in [0.05, 0.1) is 6.61 Å². The van der Waals surface area contributed by atoms with Crippen LogP contribution in [0.15, 0.2) is 18.2 Å². The summed E-state index contributed by atoms with van der Waals surface area (Å²) in [5.74, 6) is 1.10. The summed E-state index contributed by atoms with van der Waals surface area (Å²) in [7, 11) is 0. The van der Waals surface area contributed by atoms with Crippen molar-refractivity contribution >= 4 is 0 Å². The number of fused-ring (bicyclic) bond motifs is 1. The van der Waals surface area contributed by atoms with Gasteiger partial charge >= 0.3 is 0 Å². The molecule has 70 valence electrons. The van der Waals surface area contributed by atoms with Crippen LogP contribution in [0.1, 0.15) is 17.5 Å². The molecule has 0 spiro atoms. The van der Waals surface area contributed by atoms with Crippen LogP contribution in [0.4, 0.5) is 0 Å². The Hall–Kier alpha value is -1.02. The first-order valence-electron chi connectivity index (χ1n) is 4.85. The van der Waals surface area contributed by atoms with Gasteiger partial charge in [-0.15, -0.1) is 0 Å². The van der Waals surface area contributed by atoms with Gasteiger partial charge in [0.15, 0.2) is 0 Å². The Morgan fingerprint density at radius 1 is 1.38 bits per heavy atom. The summed E-state index contributed by atoms with van der Waals surface area (Å²) >= 11 is 0. The lowest BCUT2D eigenvalue weighted by atomic mass is 10.0. The lowest BCUT2D eigenvalue weighted by Gasteiger charge is -2.19. The highest BCUT2D eigenvalue weighted by atomic mass is 16.5. The van der Waals surface area contributed by atoms with E-state index in [1.54, 1.807) is 0 Å². The molecule has 1 heterocycles. The summed E-state index contributed by atoms with van der Waals surface area (Å²) in [5.41, 5.74) is 8.15. The number of nitrogens with two attached hydrogens (primary N) is 1. The molecule has 2 heteroatoms. The summed E-state index contributed by atoms with van der Waals surface area (Å²) in [4.78, 5) is 0. The van der Waals surface area contributed by atoms with E-state index in [0.29, 0.717) is 6.54 Å². The van der Waals surface area contributed by atoms with Crippen LogP contribution in [0, 0.1) is 0 Å². The van der Waals surface area contributed by atoms with E-state index in [1.807, 2.05) is 0 Å². The van der Waals surface area contributed by atoms with Gasteiger partial charge in [0.1, 0.15) is 5.75 Å². The van der Waals surface area contributed by atoms with Crippen molar-refractivity contribution in [1.29, 1.82) is 0 Å². The molecule has 2 rings (SSSR count). The average Bonchev–Trinajstić information content (AvgIpc) is 2.19. The van der Waals surface area contributed by atoms with Crippen molar-refractivity contribution in [2.24, 2.45) is 5.73 Å². The summed E-state index contributed by atoms with van der Waals surface area (Å²) in [6, 6.07) is 6.35. The van der Waals surface area contributed by atoms with Gasteiger partial charge in [0.2, 0.25) is 0 Å². The molecule has 2 N–H and O–H groups in total. The Morgan fingerprint density at radius 3 is 3.15 bits per heavy atom. The quantitative estimate of drug-likeness (QED) is 0.743. The third kappa shape index (κ3) is 1.68. The van der Waals surface area contributed by atoms with Gasteiger partial charge in [0, 0.05) is 0 Å². The number of benzene rings is 1. The summed E-state index contributed by atoms with van der Waals surface area (Å²) in [6.07, 6.45) is 3.20. The lowest BCUT2D eigenvalue weighted by molar-refractivity contribution is 0.285. The van der Waals surface area contributed by atoms with Crippen molar-refractivity contribution in [2.75, 3.05) is 13.2 Å². The zero-order chi connectivity index (χ0) is 9.10. The SMILES string of the molecule is NCCc1cccc2c1OCCC2. The minimum atomic E-state index is 0.694. The summed E-state index contributed by atoms with van der Waals surface area (Å²) in [5, 5.41) is 0. The molecular weight excluding hydrogens is 162 g/mol. The molecular formula is C11H15NO. The Balaban J connectivity index is 2.34. The molecule has 0 bridgehead atoms. The predicted molar refractivity (Wildman–Crippen MR) is 53.0 cm³/mol. The number of para-hydroxylation sites is 1. The smallest absolute Gasteiger partial charge is 0.125 e. The first-order chi connectivity index (χ1) is 6.42. The van der Waals surface area contributed by atoms with Crippen molar-refractivity contribution in [2.45, 2.75) is 19.3 Å². The van der Waals surface area contributed by atoms with Crippen molar-refractivity contribution in [3.8, 4) is 5.75 Å². The van der Waals surface area contributed by atoms with Gasteiger partial charge < -0.3 is 10.5 Å². The Morgan fingerprint density at radius 2 is 2.31 bits per heavy atom. The zero-order valence-electron chi connectivity index (χ0n) is 7.75. The highest BCUT2D eigenvalue weighted by Gasteiger charge is 2.12. The van der Waals surface area contributed by atoms with Crippen molar-refractivity contribution in [3.05, 3.63) is 29.3 Å². The Bertz CT molecular complexity index is 296. The summed E-state index contributed by atoms with van der Waals surface area (Å²) < 4.78 is 5.65. The highest BCUT2D eigenvalue weighted by Crippen LogP contribution is 2.28. The van der Waals surface area contributed by atoms with E-state index >= 15 is 0 Å². The maximum atomic E-state index is 5.65. The predicted octanol–water partition coefficient (Wildman–Crippen LogP) is 1.51. The van der Waals surface area contributed by atoms with Crippen molar-refractivity contribution < 1.29 is 4.74 Å². The van der Waals surface area contributed by atoms with Gasteiger partial charge in [-0.1, -0.05) is 18.2 Å². The van der Waals surface area contributed by atoms with Gasteiger partial charge in [0.25, 0.3) is 0 Å². The van der Waals surface area contributed by atoms with E-state index in [4.69, 9.17) is 10.5 Å². The second-order valence-electron chi connectivity index (χ2n) is 3.40. The summed E-state index contributed by atoms with van der Waals surface area (Å²) in [6.45, 7) is 1.55. The minimum Gasteiger partial charge on any atom is -0.493 e. The van der Waals surface area contributed by atoms with E-state index in [2.05, 4.69) is 18.2 Å².